The number of rotatable bonds is 0. The fourth-order valence-electron chi connectivity index (χ4n) is 0.802. The molecule has 1 aliphatic heterocycles. The van der Waals surface area contributed by atoms with E-state index >= 15 is 0 Å². The molecular weight excluding hydrogens is 192 g/mol. The predicted octanol–water partition coefficient (Wildman–Crippen LogP) is -1.35. The first-order valence-electron chi connectivity index (χ1n) is 3.36. The monoisotopic (exact) mass is 209 g/mol. The van der Waals surface area contributed by atoms with E-state index in [0.717, 1.165) is 0 Å². The Kier molecular flexibility index (Phi) is 22.8. The van der Waals surface area contributed by atoms with Crippen molar-refractivity contribution in [2.24, 2.45) is 0 Å². The van der Waals surface area contributed by atoms with Gasteiger partial charge in [-0.1, -0.05) is 6.42 Å². The van der Waals surface area contributed by atoms with E-state index in [-0.39, 0.29) is 35.0 Å². The topological polar surface area (TPSA) is 101 Å². The van der Waals surface area contributed by atoms with Gasteiger partial charge in [0.25, 0.3) is 0 Å². The average molecular weight is 209 g/mol. The van der Waals surface area contributed by atoms with Crippen molar-refractivity contribution >= 4 is 37.8 Å². The van der Waals surface area contributed by atoms with Crippen LogP contribution in [0.5, 0.6) is 0 Å². The van der Waals surface area contributed by atoms with Crippen molar-refractivity contribution in [3.63, 3.8) is 0 Å². The summed E-state index contributed by atoms with van der Waals surface area (Å²) in [5, 5.41) is 3.28. The quantitative estimate of drug-likeness (QED) is 0.339. The van der Waals surface area contributed by atoms with Crippen molar-refractivity contribution in [1.29, 1.82) is 0 Å². The minimum atomic E-state index is -3.13. The third-order valence-electron chi connectivity index (χ3n) is 1.21. The van der Waals surface area contributed by atoms with Crippen LogP contribution in [0.25, 0.3) is 0 Å². The van der Waals surface area contributed by atoms with Crippen LogP contribution in [0, 0.1) is 0 Å². The molecule has 1 aliphatic rings. The van der Waals surface area contributed by atoms with Gasteiger partial charge in [-0.05, 0) is 25.9 Å². The molecule has 1 rings (SSSR count). The summed E-state index contributed by atoms with van der Waals surface area (Å²) in [7, 11) is -3.13. The van der Waals surface area contributed by atoms with E-state index in [1.54, 1.807) is 0 Å². The molecule has 0 unspecified atom stereocenters. The van der Waals surface area contributed by atoms with Crippen LogP contribution in [0.2, 0.25) is 0 Å². The van der Waals surface area contributed by atoms with Gasteiger partial charge in [0, 0.05) is 0 Å². The Morgan fingerprint density at radius 3 is 1.50 bits per heavy atom. The zero-order valence-corrected chi connectivity index (χ0v) is 7.34. The Balaban J connectivity index is -0.000000124. The molecule has 0 aromatic rings. The Hall–Kier alpha value is 1.07. The molecule has 1 fully saturated rings. The first-order chi connectivity index (χ1) is 4.73. The first-order valence-corrected chi connectivity index (χ1v) is 4.66. The SMILES string of the molecule is C1CCNCC1.O.O=[PH](O)O.[NaH]. The van der Waals surface area contributed by atoms with Gasteiger partial charge in [-0.2, -0.15) is 0 Å². The van der Waals surface area contributed by atoms with E-state index in [2.05, 4.69) is 5.32 Å². The van der Waals surface area contributed by atoms with Gasteiger partial charge < -0.3 is 20.6 Å². The standard InChI is InChI=1S/C5H11N.Na.H3O3P.H2O.H/c1-2-4-6-5-3-1;;1-4(2)3;;/h6H,1-5H2;;4H,(H2,1,2,3);1H2;. The fourth-order valence-corrected chi connectivity index (χ4v) is 0.802. The molecule has 1 heterocycles. The van der Waals surface area contributed by atoms with Crippen molar-refractivity contribution in [1.82, 2.24) is 5.32 Å². The van der Waals surface area contributed by atoms with Crippen LogP contribution in [-0.4, -0.2) is 57.9 Å². The molecule has 0 atom stereocenters. The Labute approximate surface area is 95.1 Å². The third-order valence-corrected chi connectivity index (χ3v) is 1.21. The molecule has 0 spiro atoms. The third kappa shape index (κ3) is 22.5. The summed E-state index contributed by atoms with van der Waals surface area (Å²) in [6, 6.07) is 0. The molecule has 0 bridgehead atoms. The van der Waals surface area contributed by atoms with Crippen LogP contribution in [0.15, 0.2) is 0 Å². The van der Waals surface area contributed by atoms with Gasteiger partial charge in [0.05, 0.1) is 0 Å². The molecule has 0 aromatic carbocycles. The second-order valence-corrected chi connectivity index (χ2v) is 2.66. The molecule has 0 aliphatic carbocycles. The molecule has 0 radical (unpaired) electrons. The molecule has 0 saturated carbocycles. The van der Waals surface area contributed by atoms with E-state index in [1.807, 2.05) is 0 Å². The minimum absolute atomic E-state index is 0. The maximum absolute atomic E-state index is 8.74. The van der Waals surface area contributed by atoms with Crippen LogP contribution >= 0.6 is 8.25 Å². The molecule has 0 amide bonds. The number of hydrogen-bond donors (Lipinski definition) is 3. The second-order valence-electron chi connectivity index (χ2n) is 2.09. The van der Waals surface area contributed by atoms with Crippen LogP contribution in [0.4, 0.5) is 0 Å². The van der Waals surface area contributed by atoms with Gasteiger partial charge in [0.15, 0.2) is 0 Å². The van der Waals surface area contributed by atoms with E-state index in [9.17, 15) is 0 Å². The summed E-state index contributed by atoms with van der Waals surface area (Å²) < 4.78 is 8.74. The van der Waals surface area contributed by atoms with Crippen LogP contribution in [-0.2, 0) is 4.57 Å². The number of hydrogen-bond acceptors (Lipinski definition) is 2. The molecular formula is C5H17NNaO4P. The van der Waals surface area contributed by atoms with E-state index in [1.165, 1.54) is 32.4 Å². The van der Waals surface area contributed by atoms with Crippen molar-refractivity contribution in [3.05, 3.63) is 0 Å². The zero-order chi connectivity index (χ0) is 7.82. The molecule has 5 N–H and O–H groups in total. The summed E-state index contributed by atoms with van der Waals surface area (Å²) >= 11 is 0. The van der Waals surface area contributed by atoms with Gasteiger partial charge in [-0.15, -0.1) is 0 Å². The summed E-state index contributed by atoms with van der Waals surface area (Å²) in [4.78, 5) is 14.3. The van der Waals surface area contributed by atoms with Crippen LogP contribution < -0.4 is 5.32 Å². The van der Waals surface area contributed by atoms with Gasteiger partial charge >= 0.3 is 37.8 Å². The first kappa shape index (κ1) is 18.8. The second kappa shape index (κ2) is 14.6. The zero-order valence-electron chi connectivity index (χ0n) is 6.34. The molecule has 72 valence electrons. The maximum atomic E-state index is 8.74. The molecule has 5 nitrogen and oxygen atoms in total. The molecule has 1 saturated heterocycles. The molecule has 0 aromatic heterocycles. The van der Waals surface area contributed by atoms with Crippen molar-refractivity contribution < 1.29 is 19.8 Å². The number of piperidine rings is 1. The molecule has 12 heavy (non-hydrogen) atoms. The van der Waals surface area contributed by atoms with E-state index in [0.29, 0.717) is 0 Å². The van der Waals surface area contributed by atoms with Gasteiger partial charge in [-0.3, -0.25) is 4.57 Å². The molecule has 7 heteroatoms. The Morgan fingerprint density at radius 2 is 1.42 bits per heavy atom. The van der Waals surface area contributed by atoms with Gasteiger partial charge in [-0.25, -0.2) is 0 Å². The van der Waals surface area contributed by atoms with Crippen molar-refractivity contribution in [3.8, 4) is 0 Å². The van der Waals surface area contributed by atoms with Crippen molar-refractivity contribution in [2.75, 3.05) is 13.1 Å². The van der Waals surface area contributed by atoms with E-state index in [4.69, 9.17) is 14.4 Å². The Bertz CT molecular complexity index is 85.9. The van der Waals surface area contributed by atoms with Crippen molar-refractivity contribution in [2.45, 2.75) is 19.3 Å². The fraction of sp³-hybridized carbons (Fsp3) is 1.00. The van der Waals surface area contributed by atoms with E-state index < -0.39 is 8.25 Å². The summed E-state index contributed by atoms with van der Waals surface area (Å²) in [6.45, 7) is 2.50. The predicted molar refractivity (Wildman–Crippen MR) is 50.9 cm³/mol. The summed E-state index contributed by atoms with van der Waals surface area (Å²) in [6.07, 6.45) is 4.22. The summed E-state index contributed by atoms with van der Waals surface area (Å²) in [5.41, 5.74) is 0. The van der Waals surface area contributed by atoms with Crippen LogP contribution in [0.3, 0.4) is 0 Å². The average Bonchev–Trinajstić information content (AvgIpc) is 1.90. The normalized spacial score (nSPS) is 14.9. The Morgan fingerprint density at radius 1 is 1.08 bits per heavy atom. The van der Waals surface area contributed by atoms with Gasteiger partial charge in [0.1, 0.15) is 0 Å². The van der Waals surface area contributed by atoms with Gasteiger partial charge in [0.2, 0.25) is 0 Å². The summed E-state index contributed by atoms with van der Waals surface area (Å²) in [5.74, 6) is 0. The van der Waals surface area contributed by atoms with Crippen LogP contribution in [0.1, 0.15) is 19.3 Å². The number of nitrogens with one attached hydrogen (secondary N) is 1.